The summed E-state index contributed by atoms with van der Waals surface area (Å²) in [7, 11) is 0. The molecule has 0 radical (unpaired) electrons. The SMILES string of the molecule is CC(CCc1ccco1)NC(=O)C1CCCCCC1N. The standard InChI is InChI=1S/C16H26N2O2/c1-12(9-10-13-6-5-11-20-13)18-16(19)14-7-3-2-4-8-15(14)17/h5-6,11-12,14-15H,2-4,7-10,17H2,1H3,(H,18,19). The molecule has 1 heterocycles. The van der Waals surface area contributed by atoms with E-state index < -0.39 is 0 Å². The Hall–Kier alpha value is -1.29. The van der Waals surface area contributed by atoms with Crippen LogP contribution < -0.4 is 11.1 Å². The van der Waals surface area contributed by atoms with E-state index in [9.17, 15) is 4.79 Å². The van der Waals surface area contributed by atoms with Gasteiger partial charge in [0.05, 0.1) is 12.2 Å². The summed E-state index contributed by atoms with van der Waals surface area (Å²) < 4.78 is 5.31. The minimum Gasteiger partial charge on any atom is -0.469 e. The van der Waals surface area contributed by atoms with Gasteiger partial charge in [-0.2, -0.15) is 0 Å². The summed E-state index contributed by atoms with van der Waals surface area (Å²) in [6, 6.07) is 4.04. The van der Waals surface area contributed by atoms with Crippen LogP contribution in [0.1, 0.15) is 51.2 Å². The third-order valence-corrected chi connectivity index (χ3v) is 4.20. The molecule has 4 heteroatoms. The van der Waals surface area contributed by atoms with Crippen molar-refractivity contribution >= 4 is 5.91 Å². The average Bonchev–Trinajstić information content (AvgIpc) is 2.84. The molecule has 4 nitrogen and oxygen atoms in total. The molecule has 1 aromatic rings. The fraction of sp³-hybridized carbons (Fsp3) is 0.688. The van der Waals surface area contributed by atoms with Gasteiger partial charge in [0.15, 0.2) is 0 Å². The number of hydrogen-bond donors (Lipinski definition) is 2. The van der Waals surface area contributed by atoms with E-state index in [1.165, 1.54) is 6.42 Å². The first-order valence-electron chi connectivity index (χ1n) is 7.75. The lowest BCUT2D eigenvalue weighted by Crippen LogP contribution is -2.44. The van der Waals surface area contributed by atoms with E-state index in [0.717, 1.165) is 44.3 Å². The van der Waals surface area contributed by atoms with E-state index >= 15 is 0 Å². The molecule has 20 heavy (non-hydrogen) atoms. The molecular formula is C16H26N2O2. The highest BCUT2D eigenvalue weighted by Crippen LogP contribution is 2.22. The highest BCUT2D eigenvalue weighted by molar-refractivity contribution is 5.79. The number of aryl methyl sites for hydroxylation is 1. The summed E-state index contributed by atoms with van der Waals surface area (Å²) in [4.78, 5) is 12.3. The second-order valence-electron chi connectivity index (χ2n) is 5.94. The molecule has 0 spiro atoms. The van der Waals surface area contributed by atoms with Gasteiger partial charge in [-0.3, -0.25) is 4.79 Å². The maximum Gasteiger partial charge on any atom is 0.224 e. The van der Waals surface area contributed by atoms with Crippen molar-refractivity contribution in [3.8, 4) is 0 Å². The largest absolute Gasteiger partial charge is 0.469 e. The number of rotatable bonds is 5. The molecule has 3 N–H and O–H groups in total. The second-order valence-corrected chi connectivity index (χ2v) is 5.94. The van der Waals surface area contributed by atoms with Crippen LogP contribution in [0.15, 0.2) is 22.8 Å². The predicted molar refractivity (Wildman–Crippen MR) is 79.2 cm³/mol. The van der Waals surface area contributed by atoms with Crippen molar-refractivity contribution in [2.45, 2.75) is 64.0 Å². The molecule has 1 aromatic heterocycles. The Bertz CT molecular complexity index is 403. The molecule has 0 aliphatic heterocycles. The third kappa shape index (κ3) is 4.37. The summed E-state index contributed by atoms with van der Waals surface area (Å²) >= 11 is 0. The Kier molecular flexibility index (Phi) is 5.65. The van der Waals surface area contributed by atoms with Crippen LogP contribution in [0.25, 0.3) is 0 Å². The number of carbonyl (C=O) groups is 1. The van der Waals surface area contributed by atoms with Crippen molar-refractivity contribution in [3.05, 3.63) is 24.2 Å². The van der Waals surface area contributed by atoms with E-state index in [1.807, 2.05) is 19.1 Å². The van der Waals surface area contributed by atoms with Gasteiger partial charge < -0.3 is 15.5 Å². The molecule has 1 saturated carbocycles. The van der Waals surface area contributed by atoms with Crippen LogP contribution in [0.3, 0.4) is 0 Å². The monoisotopic (exact) mass is 278 g/mol. The van der Waals surface area contributed by atoms with Crippen molar-refractivity contribution in [3.63, 3.8) is 0 Å². The molecule has 3 unspecified atom stereocenters. The molecule has 1 aliphatic carbocycles. The predicted octanol–water partition coefficient (Wildman–Crippen LogP) is 2.62. The summed E-state index contributed by atoms with van der Waals surface area (Å²) in [6.07, 6.45) is 8.79. The van der Waals surface area contributed by atoms with E-state index in [0.29, 0.717) is 0 Å². The summed E-state index contributed by atoms with van der Waals surface area (Å²) in [5.41, 5.74) is 6.13. The van der Waals surface area contributed by atoms with Gasteiger partial charge >= 0.3 is 0 Å². The highest BCUT2D eigenvalue weighted by atomic mass is 16.3. The molecule has 2 rings (SSSR count). The molecule has 0 aromatic carbocycles. The summed E-state index contributed by atoms with van der Waals surface area (Å²) in [5.74, 6) is 1.09. The molecule has 112 valence electrons. The van der Waals surface area contributed by atoms with Crippen LogP contribution in [0, 0.1) is 5.92 Å². The minimum atomic E-state index is -0.0106. The zero-order valence-corrected chi connectivity index (χ0v) is 12.3. The van der Waals surface area contributed by atoms with Gasteiger partial charge in [-0.25, -0.2) is 0 Å². The quantitative estimate of drug-likeness (QED) is 0.814. The maximum absolute atomic E-state index is 12.3. The lowest BCUT2D eigenvalue weighted by molar-refractivity contribution is -0.126. The summed E-state index contributed by atoms with van der Waals surface area (Å²) in [5, 5.41) is 3.11. The van der Waals surface area contributed by atoms with Crippen LogP contribution >= 0.6 is 0 Å². The normalized spacial score (nSPS) is 24.9. The molecule has 0 saturated heterocycles. The fourth-order valence-corrected chi connectivity index (χ4v) is 2.90. The van der Waals surface area contributed by atoms with Crippen molar-refractivity contribution < 1.29 is 9.21 Å². The number of amides is 1. The fourth-order valence-electron chi connectivity index (χ4n) is 2.90. The smallest absolute Gasteiger partial charge is 0.224 e. The molecule has 1 amide bonds. The van der Waals surface area contributed by atoms with Gasteiger partial charge in [0.1, 0.15) is 5.76 Å². The van der Waals surface area contributed by atoms with E-state index in [1.54, 1.807) is 6.26 Å². The van der Waals surface area contributed by atoms with Crippen molar-refractivity contribution in [1.82, 2.24) is 5.32 Å². The zero-order valence-electron chi connectivity index (χ0n) is 12.3. The molecule has 0 bridgehead atoms. The Morgan fingerprint density at radius 1 is 1.45 bits per heavy atom. The van der Waals surface area contributed by atoms with E-state index in [4.69, 9.17) is 10.2 Å². The van der Waals surface area contributed by atoms with Crippen LogP contribution in [0.4, 0.5) is 0 Å². The van der Waals surface area contributed by atoms with Crippen LogP contribution in [0.5, 0.6) is 0 Å². The lowest BCUT2D eigenvalue weighted by Gasteiger charge is -2.23. The van der Waals surface area contributed by atoms with Gasteiger partial charge in [0, 0.05) is 18.5 Å². The second kappa shape index (κ2) is 7.48. The van der Waals surface area contributed by atoms with Crippen LogP contribution in [-0.4, -0.2) is 18.0 Å². The highest BCUT2D eigenvalue weighted by Gasteiger charge is 2.27. The maximum atomic E-state index is 12.3. The van der Waals surface area contributed by atoms with Crippen molar-refractivity contribution in [1.29, 1.82) is 0 Å². The molecule has 1 aliphatic rings. The Labute approximate surface area is 121 Å². The first-order chi connectivity index (χ1) is 9.66. The minimum absolute atomic E-state index is 0.0106. The molecule has 1 fully saturated rings. The third-order valence-electron chi connectivity index (χ3n) is 4.20. The van der Waals surface area contributed by atoms with Crippen molar-refractivity contribution in [2.75, 3.05) is 0 Å². The molecular weight excluding hydrogens is 252 g/mol. The van der Waals surface area contributed by atoms with Crippen molar-refractivity contribution in [2.24, 2.45) is 11.7 Å². The Morgan fingerprint density at radius 3 is 3.00 bits per heavy atom. The van der Waals surface area contributed by atoms with E-state index in [2.05, 4.69) is 5.32 Å². The van der Waals surface area contributed by atoms with Gasteiger partial charge in [0.2, 0.25) is 5.91 Å². The topological polar surface area (TPSA) is 68.3 Å². The number of carbonyl (C=O) groups excluding carboxylic acids is 1. The lowest BCUT2D eigenvalue weighted by atomic mass is 9.94. The summed E-state index contributed by atoms with van der Waals surface area (Å²) in [6.45, 7) is 2.04. The first kappa shape index (κ1) is 15.1. The van der Waals surface area contributed by atoms with Gasteiger partial charge in [-0.05, 0) is 38.3 Å². The van der Waals surface area contributed by atoms with Gasteiger partial charge in [0.25, 0.3) is 0 Å². The number of nitrogens with two attached hydrogens (primary N) is 1. The first-order valence-corrected chi connectivity index (χ1v) is 7.75. The Balaban J connectivity index is 1.77. The van der Waals surface area contributed by atoms with Crippen LogP contribution in [0.2, 0.25) is 0 Å². The number of nitrogens with one attached hydrogen (secondary N) is 1. The van der Waals surface area contributed by atoms with E-state index in [-0.39, 0.29) is 23.9 Å². The van der Waals surface area contributed by atoms with Gasteiger partial charge in [-0.15, -0.1) is 0 Å². The zero-order chi connectivity index (χ0) is 14.4. The Morgan fingerprint density at radius 2 is 2.25 bits per heavy atom. The number of hydrogen-bond acceptors (Lipinski definition) is 3. The average molecular weight is 278 g/mol. The van der Waals surface area contributed by atoms with Gasteiger partial charge in [-0.1, -0.05) is 19.3 Å². The van der Waals surface area contributed by atoms with Crippen LogP contribution in [-0.2, 0) is 11.2 Å². The molecule has 3 atom stereocenters. The number of furan rings is 1.